The highest BCUT2D eigenvalue weighted by molar-refractivity contribution is 9.12. The molecule has 92 valence electrons. The molecule has 0 amide bonds. The van der Waals surface area contributed by atoms with Gasteiger partial charge >= 0.3 is 6.18 Å². The quantitative estimate of drug-likeness (QED) is 0.616. The zero-order valence-electron chi connectivity index (χ0n) is 8.34. The van der Waals surface area contributed by atoms with Gasteiger partial charge in [0.05, 0.1) is 27.4 Å². The lowest BCUT2D eigenvalue weighted by Gasteiger charge is -2.24. The number of alkyl halides is 5. The molecule has 0 N–H and O–H groups in total. The minimum absolute atomic E-state index is 0.0171. The molecular formula is C11H7Br2F3O. The second-order valence-electron chi connectivity index (χ2n) is 4.17. The summed E-state index contributed by atoms with van der Waals surface area (Å²) in [7, 11) is 0. The minimum Gasteiger partial charge on any atom is -0.363 e. The molecule has 2 aliphatic heterocycles. The summed E-state index contributed by atoms with van der Waals surface area (Å²) in [6, 6.07) is 4.27. The Bertz CT molecular complexity index is 474. The fourth-order valence-electron chi connectivity index (χ4n) is 2.51. The fourth-order valence-corrected chi connectivity index (χ4v) is 3.86. The minimum atomic E-state index is -4.33. The van der Waals surface area contributed by atoms with Crippen molar-refractivity contribution >= 4 is 31.9 Å². The average Bonchev–Trinajstić information content (AvgIpc) is 2.76. The summed E-state index contributed by atoms with van der Waals surface area (Å²) in [5, 5.41) is 0. The molecule has 1 nitrogen and oxygen atoms in total. The first-order valence-corrected chi connectivity index (χ1v) is 6.88. The van der Waals surface area contributed by atoms with Crippen LogP contribution in [0.1, 0.15) is 28.9 Å². The third-order valence-electron chi connectivity index (χ3n) is 3.21. The number of fused-ring (bicyclic) bond motifs is 5. The molecule has 4 atom stereocenters. The summed E-state index contributed by atoms with van der Waals surface area (Å²) in [6.45, 7) is 0. The number of hydrogen-bond donors (Lipinski definition) is 0. The lowest BCUT2D eigenvalue weighted by atomic mass is 9.88. The first-order chi connectivity index (χ1) is 7.91. The van der Waals surface area contributed by atoms with Crippen LogP contribution >= 0.6 is 31.9 Å². The lowest BCUT2D eigenvalue weighted by Crippen LogP contribution is -2.24. The van der Waals surface area contributed by atoms with E-state index in [1.807, 2.05) is 0 Å². The Hall–Kier alpha value is -0.0700. The molecule has 1 aromatic carbocycles. The summed E-state index contributed by atoms with van der Waals surface area (Å²) >= 11 is 6.84. The molecule has 2 heterocycles. The van der Waals surface area contributed by atoms with Crippen molar-refractivity contribution in [3.8, 4) is 0 Å². The number of hydrogen-bond acceptors (Lipinski definition) is 1. The van der Waals surface area contributed by atoms with Gasteiger partial charge in [-0.15, -0.1) is 0 Å². The molecule has 2 aliphatic rings. The summed E-state index contributed by atoms with van der Waals surface area (Å²) in [5.74, 6) is 0. The molecule has 1 fully saturated rings. The third kappa shape index (κ3) is 1.60. The first kappa shape index (κ1) is 12.0. The zero-order chi connectivity index (χ0) is 12.4. The van der Waals surface area contributed by atoms with Gasteiger partial charge in [0.2, 0.25) is 0 Å². The summed E-state index contributed by atoms with van der Waals surface area (Å²) in [6.07, 6.45) is -5.13. The smallest absolute Gasteiger partial charge is 0.363 e. The van der Waals surface area contributed by atoms with Gasteiger partial charge in [-0.1, -0.05) is 44.0 Å². The van der Waals surface area contributed by atoms with Crippen LogP contribution in [0.25, 0.3) is 0 Å². The molecule has 3 rings (SSSR count). The zero-order valence-corrected chi connectivity index (χ0v) is 11.5. The van der Waals surface area contributed by atoms with Gasteiger partial charge in [-0.25, -0.2) is 0 Å². The van der Waals surface area contributed by atoms with Crippen molar-refractivity contribution in [1.29, 1.82) is 0 Å². The first-order valence-electron chi connectivity index (χ1n) is 5.05. The van der Waals surface area contributed by atoms with Crippen molar-refractivity contribution < 1.29 is 17.9 Å². The van der Waals surface area contributed by atoms with Gasteiger partial charge in [0, 0.05) is 0 Å². The van der Waals surface area contributed by atoms with E-state index < -0.39 is 17.8 Å². The van der Waals surface area contributed by atoms with E-state index in [4.69, 9.17) is 4.74 Å². The molecule has 2 bridgehead atoms. The second-order valence-corrected chi connectivity index (χ2v) is 6.29. The highest BCUT2D eigenvalue weighted by atomic mass is 79.9. The standard InChI is InChI=1S/C11H7Br2F3O/c12-7-8(13)10-6-4(9(7)17-10)2-1-3-5(6)11(14,15)16/h1-3,7-10H/t7-,8+,9?,10?/m1/s1. The Balaban J connectivity index is 2.19. The predicted molar refractivity (Wildman–Crippen MR) is 63.4 cm³/mol. The summed E-state index contributed by atoms with van der Waals surface area (Å²) in [5.41, 5.74) is 0.372. The molecule has 1 aromatic rings. The van der Waals surface area contributed by atoms with Crippen LogP contribution in [0, 0.1) is 0 Å². The van der Waals surface area contributed by atoms with Crippen molar-refractivity contribution in [3.05, 3.63) is 34.9 Å². The van der Waals surface area contributed by atoms with E-state index >= 15 is 0 Å². The molecule has 0 aromatic heterocycles. The van der Waals surface area contributed by atoms with E-state index in [1.54, 1.807) is 6.07 Å². The van der Waals surface area contributed by atoms with Crippen LogP contribution in [-0.4, -0.2) is 9.65 Å². The van der Waals surface area contributed by atoms with Gasteiger partial charge in [-0.3, -0.25) is 0 Å². The van der Waals surface area contributed by atoms with Gasteiger partial charge in [-0.2, -0.15) is 13.2 Å². The highest BCUT2D eigenvalue weighted by Crippen LogP contribution is 2.58. The Morgan fingerprint density at radius 1 is 1.06 bits per heavy atom. The Labute approximate surface area is 113 Å². The fraction of sp³-hybridized carbons (Fsp3) is 0.455. The topological polar surface area (TPSA) is 9.23 Å². The van der Waals surface area contributed by atoms with Crippen LogP contribution in [0.2, 0.25) is 0 Å². The second kappa shape index (κ2) is 3.71. The maximum atomic E-state index is 12.9. The van der Waals surface area contributed by atoms with Crippen molar-refractivity contribution in [1.82, 2.24) is 0 Å². The molecule has 17 heavy (non-hydrogen) atoms. The summed E-state index contributed by atoms with van der Waals surface area (Å²) < 4.78 is 44.3. The monoisotopic (exact) mass is 370 g/mol. The van der Waals surface area contributed by atoms with Gasteiger partial charge in [0.1, 0.15) is 0 Å². The SMILES string of the molecule is FC(F)(F)c1cccc2c1C1OC2[C@H](Br)[C@@H]1Br. The number of ether oxygens (including phenoxy) is 1. The van der Waals surface area contributed by atoms with Crippen LogP contribution in [0.4, 0.5) is 13.2 Å². The van der Waals surface area contributed by atoms with Gasteiger partial charge in [0.25, 0.3) is 0 Å². The van der Waals surface area contributed by atoms with Crippen molar-refractivity contribution in [2.45, 2.75) is 28.0 Å². The van der Waals surface area contributed by atoms with E-state index in [2.05, 4.69) is 31.9 Å². The van der Waals surface area contributed by atoms with Crippen LogP contribution in [0.3, 0.4) is 0 Å². The van der Waals surface area contributed by atoms with Crippen molar-refractivity contribution in [3.63, 3.8) is 0 Å². The average molecular weight is 372 g/mol. The van der Waals surface area contributed by atoms with Crippen LogP contribution in [0.15, 0.2) is 18.2 Å². The number of rotatable bonds is 0. The normalized spacial score (nSPS) is 35.1. The third-order valence-corrected chi connectivity index (χ3v) is 6.02. The van der Waals surface area contributed by atoms with Crippen LogP contribution in [-0.2, 0) is 10.9 Å². The molecule has 1 saturated heterocycles. The van der Waals surface area contributed by atoms with Gasteiger partial charge in [0.15, 0.2) is 0 Å². The molecule has 0 aliphatic carbocycles. The molecular weight excluding hydrogens is 365 g/mol. The van der Waals surface area contributed by atoms with E-state index in [-0.39, 0.29) is 15.8 Å². The molecule has 0 saturated carbocycles. The van der Waals surface area contributed by atoms with Crippen LogP contribution < -0.4 is 0 Å². The van der Waals surface area contributed by atoms with Gasteiger partial charge in [-0.05, 0) is 17.2 Å². The van der Waals surface area contributed by atoms with E-state index in [0.29, 0.717) is 11.1 Å². The number of benzene rings is 1. The van der Waals surface area contributed by atoms with Gasteiger partial charge < -0.3 is 4.74 Å². The predicted octanol–water partition coefficient (Wildman–Crippen LogP) is 4.36. The largest absolute Gasteiger partial charge is 0.416 e. The Morgan fingerprint density at radius 2 is 1.71 bits per heavy atom. The maximum Gasteiger partial charge on any atom is 0.416 e. The molecule has 0 spiro atoms. The van der Waals surface area contributed by atoms with E-state index in [0.717, 1.165) is 6.07 Å². The lowest BCUT2D eigenvalue weighted by molar-refractivity contribution is -0.138. The highest BCUT2D eigenvalue weighted by Gasteiger charge is 2.53. The van der Waals surface area contributed by atoms with Crippen molar-refractivity contribution in [2.24, 2.45) is 0 Å². The molecule has 0 radical (unpaired) electrons. The Morgan fingerprint density at radius 3 is 2.35 bits per heavy atom. The summed E-state index contributed by atoms with van der Waals surface area (Å²) in [4.78, 5) is -0.105. The van der Waals surface area contributed by atoms with E-state index in [1.165, 1.54) is 6.07 Å². The number of halogens is 5. The van der Waals surface area contributed by atoms with Crippen LogP contribution in [0.5, 0.6) is 0 Å². The Kier molecular flexibility index (Phi) is 2.62. The molecule has 2 unspecified atom stereocenters. The molecule has 6 heteroatoms. The van der Waals surface area contributed by atoms with E-state index in [9.17, 15) is 13.2 Å². The van der Waals surface area contributed by atoms with Crippen molar-refractivity contribution in [2.75, 3.05) is 0 Å². The maximum absolute atomic E-state index is 12.9.